The zero-order chi connectivity index (χ0) is 13.5. The van der Waals surface area contributed by atoms with Gasteiger partial charge in [0.05, 0.1) is 13.5 Å². The topological polar surface area (TPSA) is 55.4 Å². The second kappa shape index (κ2) is 6.79. The van der Waals surface area contributed by atoms with Gasteiger partial charge >= 0.3 is 5.97 Å². The molecule has 0 aromatic heterocycles. The van der Waals surface area contributed by atoms with Crippen molar-refractivity contribution in [1.29, 1.82) is 0 Å². The van der Waals surface area contributed by atoms with Gasteiger partial charge in [0.1, 0.15) is 6.04 Å². The average molecular weight is 249 g/mol. The van der Waals surface area contributed by atoms with Crippen LogP contribution in [-0.4, -0.2) is 25.0 Å². The van der Waals surface area contributed by atoms with Gasteiger partial charge < -0.3 is 10.1 Å². The zero-order valence-electron chi connectivity index (χ0n) is 11.0. The molecule has 18 heavy (non-hydrogen) atoms. The molecule has 1 N–H and O–H groups in total. The van der Waals surface area contributed by atoms with E-state index in [0.717, 1.165) is 5.56 Å². The molecule has 1 aromatic rings. The minimum Gasteiger partial charge on any atom is -0.467 e. The summed E-state index contributed by atoms with van der Waals surface area (Å²) >= 11 is 0. The highest BCUT2D eigenvalue weighted by atomic mass is 16.5. The number of amides is 1. The molecule has 0 saturated heterocycles. The maximum Gasteiger partial charge on any atom is 0.328 e. The Morgan fingerprint density at radius 1 is 1.22 bits per heavy atom. The smallest absolute Gasteiger partial charge is 0.328 e. The fourth-order valence-electron chi connectivity index (χ4n) is 1.63. The van der Waals surface area contributed by atoms with E-state index in [2.05, 4.69) is 10.1 Å². The number of hydrogen-bond donors (Lipinski definition) is 1. The van der Waals surface area contributed by atoms with E-state index < -0.39 is 12.0 Å². The maximum absolute atomic E-state index is 11.8. The minimum atomic E-state index is -0.591. The van der Waals surface area contributed by atoms with Crippen LogP contribution in [0, 0.1) is 5.92 Å². The first-order valence-corrected chi connectivity index (χ1v) is 5.95. The van der Waals surface area contributed by atoms with E-state index in [-0.39, 0.29) is 18.2 Å². The largest absolute Gasteiger partial charge is 0.467 e. The van der Waals surface area contributed by atoms with Gasteiger partial charge in [-0.05, 0) is 11.5 Å². The summed E-state index contributed by atoms with van der Waals surface area (Å²) in [6.45, 7) is 3.73. The number of methoxy groups -OCH3 is 1. The van der Waals surface area contributed by atoms with Crippen LogP contribution in [0.1, 0.15) is 19.4 Å². The van der Waals surface area contributed by atoms with Gasteiger partial charge in [-0.2, -0.15) is 0 Å². The van der Waals surface area contributed by atoms with Crippen molar-refractivity contribution >= 4 is 11.9 Å². The van der Waals surface area contributed by atoms with Crippen molar-refractivity contribution in [2.75, 3.05) is 7.11 Å². The first kappa shape index (κ1) is 14.2. The molecule has 1 aromatic carbocycles. The van der Waals surface area contributed by atoms with Gasteiger partial charge in [0.2, 0.25) is 5.91 Å². The van der Waals surface area contributed by atoms with Gasteiger partial charge in [-0.15, -0.1) is 0 Å². The van der Waals surface area contributed by atoms with E-state index in [1.165, 1.54) is 7.11 Å². The first-order chi connectivity index (χ1) is 8.54. The molecule has 0 saturated carbocycles. The first-order valence-electron chi connectivity index (χ1n) is 5.95. The Morgan fingerprint density at radius 2 is 1.83 bits per heavy atom. The van der Waals surface area contributed by atoms with E-state index in [4.69, 9.17) is 0 Å². The van der Waals surface area contributed by atoms with Crippen molar-refractivity contribution in [3.63, 3.8) is 0 Å². The fraction of sp³-hybridized carbons (Fsp3) is 0.429. The van der Waals surface area contributed by atoms with Gasteiger partial charge in [0, 0.05) is 0 Å². The van der Waals surface area contributed by atoms with Crippen LogP contribution in [-0.2, 0) is 20.7 Å². The van der Waals surface area contributed by atoms with Crippen LogP contribution >= 0.6 is 0 Å². The van der Waals surface area contributed by atoms with E-state index in [1.807, 2.05) is 44.2 Å². The van der Waals surface area contributed by atoms with Crippen LogP contribution in [0.4, 0.5) is 0 Å². The number of rotatable bonds is 5. The summed E-state index contributed by atoms with van der Waals surface area (Å²) in [5, 5.41) is 2.70. The fourth-order valence-corrected chi connectivity index (χ4v) is 1.63. The van der Waals surface area contributed by atoms with Crippen molar-refractivity contribution in [2.45, 2.75) is 26.3 Å². The summed E-state index contributed by atoms with van der Waals surface area (Å²) in [6, 6.07) is 8.81. The van der Waals surface area contributed by atoms with Crippen LogP contribution in [0.25, 0.3) is 0 Å². The number of esters is 1. The van der Waals surface area contributed by atoms with Crippen molar-refractivity contribution < 1.29 is 14.3 Å². The molecular formula is C14H19NO3. The number of carbonyl (C=O) groups is 2. The van der Waals surface area contributed by atoms with E-state index >= 15 is 0 Å². The lowest BCUT2D eigenvalue weighted by Crippen LogP contribution is -2.45. The monoisotopic (exact) mass is 249 g/mol. The molecule has 1 atom stereocenters. The van der Waals surface area contributed by atoms with E-state index in [1.54, 1.807) is 0 Å². The summed E-state index contributed by atoms with van der Waals surface area (Å²) in [5.74, 6) is -0.589. The highest BCUT2D eigenvalue weighted by molar-refractivity contribution is 5.85. The molecule has 4 nitrogen and oxygen atoms in total. The normalized spacial score (nSPS) is 12.0. The van der Waals surface area contributed by atoms with E-state index in [9.17, 15) is 9.59 Å². The van der Waals surface area contributed by atoms with Gasteiger partial charge in [0.15, 0.2) is 0 Å². The number of hydrogen-bond acceptors (Lipinski definition) is 3. The van der Waals surface area contributed by atoms with E-state index in [0.29, 0.717) is 0 Å². The van der Waals surface area contributed by atoms with Crippen molar-refractivity contribution in [3.05, 3.63) is 35.9 Å². The third kappa shape index (κ3) is 4.20. The quantitative estimate of drug-likeness (QED) is 0.805. The Labute approximate surface area is 107 Å². The third-order valence-electron chi connectivity index (χ3n) is 2.65. The van der Waals surface area contributed by atoms with Crippen molar-refractivity contribution in [1.82, 2.24) is 5.32 Å². The lowest BCUT2D eigenvalue weighted by Gasteiger charge is -2.19. The Morgan fingerprint density at radius 3 is 2.33 bits per heavy atom. The Hall–Kier alpha value is -1.84. The molecule has 1 amide bonds. The molecule has 0 spiro atoms. The van der Waals surface area contributed by atoms with Crippen molar-refractivity contribution in [2.24, 2.45) is 5.92 Å². The SMILES string of the molecule is COC(=O)[C@H](NC(=O)Cc1ccccc1)C(C)C. The van der Waals surface area contributed by atoms with Gasteiger partial charge in [-0.25, -0.2) is 4.79 Å². The van der Waals surface area contributed by atoms with Gasteiger partial charge in [-0.3, -0.25) is 4.79 Å². The molecule has 98 valence electrons. The summed E-state index contributed by atoms with van der Waals surface area (Å²) < 4.78 is 4.67. The third-order valence-corrected chi connectivity index (χ3v) is 2.65. The number of carbonyl (C=O) groups excluding carboxylic acids is 2. The van der Waals surface area contributed by atoms with Crippen molar-refractivity contribution in [3.8, 4) is 0 Å². The minimum absolute atomic E-state index is 0.00262. The summed E-state index contributed by atoms with van der Waals surface area (Å²) in [5.41, 5.74) is 0.919. The molecule has 0 unspecified atom stereocenters. The second-order valence-electron chi connectivity index (χ2n) is 4.47. The number of nitrogens with one attached hydrogen (secondary N) is 1. The Balaban J connectivity index is 2.60. The second-order valence-corrected chi connectivity index (χ2v) is 4.47. The Bertz CT molecular complexity index is 401. The number of ether oxygens (including phenoxy) is 1. The maximum atomic E-state index is 11.8. The summed E-state index contributed by atoms with van der Waals surface area (Å²) in [6.07, 6.45) is 0.265. The molecule has 0 fully saturated rings. The Kier molecular flexibility index (Phi) is 5.36. The van der Waals surface area contributed by atoms with Crippen LogP contribution < -0.4 is 5.32 Å². The lowest BCUT2D eigenvalue weighted by atomic mass is 10.0. The lowest BCUT2D eigenvalue weighted by molar-refractivity contribution is -0.146. The van der Waals surface area contributed by atoms with Crippen LogP contribution in [0.3, 0.4) is 0 Å². The molecule has 0 aliphatic rings. The predicted molar refractivity (Wildman–Crippen MR) is 68.9 cm³/mol. The average Bonchev–Trinajstić information content (AvgIpc) is 2.36. The highest BCUT2D eigenvalue weighted by Gasteiger charge is 2.24. The molecule has 0 bridgehead atoms. The zero-order valence-corrected chi connectivity index (χ0v) is 11.0. The molecule has 0 aliphatic heterocycles. The van der Waals surface area contributed by atoms with Gasteiger partial charge in [0.25, 0.3) is 0 Å². The highest BCUT2D eigenvalue weighted by Crippen LogP contribution is 2.05. The van der Waals surface area contributed by atoms with Gasteiger partial charge in [-0.1, -0.05) is 44.2 Å². The molecule has 1 rings (SSSR count). The molecule has 4 heteroatoms. The molecule has 0 heterocycles. The van der Waals surface area contributed by atoms with Crippen LogP contribution in [0.5, 0.6) is 0 Å². The standard InChI is InChI=1S/C14H19NO3/c1-10(2)13(14(17)18-3)15-12(16)9-11-7-5-4-6-8-11/h4-8,10,13H,9H2,1-3H3,(H,15,16)/t13-/m1/s1. The summed E-state index contributed by atoms with van der Waals surface area (Å²) in [7, 11) is 1.32. The molecule has 0 radical (unpaired) electrons. The van der Waals surface area contributed by atoms with Crippen LogP contribution in [0.2, 0.25) is 0 Å². The predicted octanol–water partition coefficient (Wildman–Crippen LogP) is 1.54. The van der Waals surface area contributed by atoms with Crippen LogP contribution in [0.15, 0.2) is 30.3 Å². The molecule has 0 aliphatic carbocycles. The molecular weight excluding hydrogens is 230 g/mol. The number of benzene rings is 1. The summed E-state index contributed by atoms with van der Waals surface area (Å²) in [4.78, 5) is 23.3.